The molecule has 0 atom stereocenters. The van der Waals surface area contributed by atoms with E-state index in [0.717, 1.165) is 18.4 Å². The SMILES string of the molecule is COc1ccc(-c2cnc3[nH]cc(OC(=O)NC4CCOCC4)c3n2)cc1OC. The second-order valence-electron chi connectivity index (χ2n) is 6.60. The fourth-order valence-electron chi connectivity index (χ4n) is 3.22. The summed E-state index contributed by atoms with van der Waals surface area (Å²) in [5.74, 6) is 1.54. The van der Waals surface area contributed by atoms with Gasteiger partial charge in [0.25, 0.3) is 0 Å². The summed E-state index contributed by atoms with van der Waals surface area (Å²) in [7, 11) is 3.16. The molecule has 9 nitrogen and oxygen atoms in total. The lowest BCUT2D eigenvalue weighted by Crippen LogP contribution is -2.40. The van der Waals surface area contributed by atoms with Crippen molar-refractivity contribution in [3.63, 3.8) is 0 Å². The number of hydrogen-bond acceptors (Lipinski definition) is 7. The van der Waals surface area contributed by atoms with Crippen molar-refractivity contribution in [1.82, 2.24) is 20.3 Å². The first kappa shape index (κ1) is 19.0. The van der Waals surface area contributed by atoms with Crippen LogP contribution in [-0.2, 0) is 4.74 Å². The summed E-state index contributed by atoms with van der Waals surface area (Å²) in [6.45, 7) is 1.27. The van der Waals surface area contributed by atoms with Gasteiger partial charge in [0.2, 0.25) is 0 Å². The molecule has 4 rings (SSSR count). The van der Waals surface area contributed by atoms with Crippen LogP contribution in [0.1, 0.15) is 12.8 Å². The number of methoxy groups -OCH3 is 2. The van der Waals surface area contributed by atoms with Crippen LogP contribution in [0.2, 0.25) is 0 Å². The van der Waals surface area contributed by atoms with Gasteiger partial charge in [-0.05, 0) is 31.0 Å². The number of aromatic nitrogens is 3. The monoisotopic (exact) mass is 398 g/mol. The van der Waals surface area contributed by atoms with Crippen molar-refractivity contribution >= 4 is 17.3 Å². The van der Waals surface area contributed by atoms with Crippen molar-refractivity contribution < 1.29 is 23.7 Å². The van der Waals surface area contributed by atoms with Crippen LogP contribution < -0.4 is 19.5 Å². The fraction of sp³-hybridized carbons (Fsp3) is 0.350. The molecule has 1 aliphatic heterocycles. The Labute approximate surface area is 167 Å². The van der Waals surface area contributed by atoms with Gasteiger partial charge < -0.3 is 29.2 Å². The first-order valence-corrected chi connectivity index (χ1v) is 9.30. The quantitative estimate of drug-likeness (QED) is 0.680. The minimum atomic E-state index is -0.517. The number of rotatable bonds is 5. The standard InChI is InChI=1S/C20H22N4O5/c1-26-15-4-3-12(9-16(15)27-2)14-10-21-19-18(24-14)17(11-22-19)29-20(25)23-13-5-7-28-8-6-13/h3-4,9-11,13H,5-8H2,1-2H3,(H,21,22)(H,23,25). The predicted octanol–water partition coefficient (Wildman–Crippen LogP) is 2.91. The van der Waals surface area contributed by atoms with Gasteiger partial charge in [0.15, 0.2) is 28.4 Å². The lowest BCUT2D eigenvalue weighted by atomic mass is 10.1. The molecule has 0 saturated carbocycles. The van der Waals surface area contributed by atoms with Crippen LogP contribution >= 0.6 is 0 Å². The van der Waals surface area contributed by atoms with Crippen LogP contribution in [0, 0.1) is 0 Å². The first-order valence-electron chi connectivity index (χ1n) is 9.30. The third-order valence-corrected chi connectivity index (χ3v) is 4.77. The summed E-state index contributed by atoms with van der Waals surface area (Å²) in [6, 6.07) is 5.53. The van der Waals surface area contributed by atoms with Crippen molar-refractivity contribution in [2.24, 2.45) is 0 Å². The number of nitrogens with zero attached hydrogens (tertiary/aromatic N) is 2. The van der Waals surface area contributed by atoms with Gasteiger partial charge in [-0.2, -0.15) is 0 Å². The molecular weight excluding hydrogens is 376 g/mol. The molecule has 0 bridgehead atoms. The van der Waals surface area contributed by atoms with Crippen LogP contribution in [0.3, 0.4) is 0 Å². The first-order chi connectivity index (χ1) is 14.2. The van der Waals surface area contributed by atoms with Crippen LogP contribution in [-0.4, -0.2) is 54.5 Å². The largest absolute Gasteiger partial charge is 0.493 e. The number of benzene rings is 1. The molecule has 0 unspecified atom stereocenters. The van der Waals surface area contributed by atoms with Gasteiger partial charge in [-0.3, -0.25) is 0 Å². The highest BCUT2D eigenvalue weighted by atomic mass is 16.6. The van der Waals surface area contributed by atoms with Crippen LogP contribution in [0.15, 0.2) is 30.6 Å². The number of carbonyl (C=O) groups excluding carboxylic acids is 1. The molecule has 1 amide bonds. The summed E-state index contributed by atoms with van der Waals surface area (Å²) >= 11 is 0. The summed E-state index contributed by atoms with van der Waals surface area (Å²) in [6.07, 6.45) is 4.24. The third-order valence-electron chi connectivity index (χ3n) is 4.77. The van der Waals surface area contributed by atoms with Crippen LogP contribution in [0.4, 0.5) is 4.79 Å². The molecule has 3 heterocycles. The molecule has 1 saturated heterocycles. The maximum Gasteiger partial charge on any atom is 0.412 e. The van der Waals surface area contributed by atoms with Crippen molar-refractivity contribution in [2.75, 3.05) is 27.4 Å². The Morgan fingerprint density at radius 1 is 1.17 bits per heavy atom. The molecule has 152 valence electrons. The summed E-state index contributed by atoms with van der Waals surface area (Å²) in [5.41, 5.74) is 2.42. The van der Waals surface area contributed by atoms with E-state index >= 15 is 0 Å². The molecule has 1 aromatic carbocycles. The second-order valence-corrected chi connectivity index (χ2v) is 6.60. The topological polar surface area (TPSA) is 108 Å². The molecule has 1 fully saturated rings. The Balaban J connectivity index is 1.57. The zero-order valence-corrected chi connectivity index (χ0v) is 16.2. The molecule has 2 aromatic heterocycles. The molecule has 0 spiro atoms. The Morgan fingerprint density at radius 2 is 1.97 bits per heavy atom. The number of nitrogens with one attached hydrogen (secondary N) is 2. The van der Waals surface area contributed by atoms with Gasteiger partial charge in [0.05, 0.1) is 26.1 Å². The molecule has 1 aliphatic rings. The smallest absolute Gasteiger partial charge is 0.412 e. The molecule has 9 heteroatoms. The molecular formula is C20H22N4O5. The van der Waals surface area contributed by atoms with E-state index in [9.17, 15) is 4.79 Å². The van der Waals surface area contributed by atoms with E-state index in [1.54, 1.807) is 32.7 Å². The highest BCUT2D eigenvalue weighted by Crippen LogP contribution is 2.32. The third kappa shape index (κ3) is 4.09. The molecule has 2 N–H and O–H groups in total. The minimum Gasteiger partial charge on any atom is -0.493 e. The number of carbonyl (C=O) groups is 1. The van der Waals surface area contributed by atoms with Gasteiger partial charge in [-0.15, -0.1) is 0 Å². The summed E-state index contributed by atoms with van der Waals surface area (Å²) < 4.78 is 21.4. The number of hydrogen-bond donors (Lipinski definition) is 2. The van der Waals surface area contributed by atoms with E-state index in [0.29, 0.717) is 47.3 Å². The van der Waals surface area contributed by atoms with E-state index in [4.69, 9.17) is 18.9 Å². The van der Waals surface area contributed by atoms with Crippen molar-refractivity contribution in [3.8, 4) is 28.5 Å². The van der Waals surface area contributed by atoms with Crippen molar-refractivity contribution in [2.45, 2.75) is 18.9 Å². The molecule has 0 aliphatic carbocycles. The number of amides is 1. The van der Waals surface area contributed by atoms with E-state index in [1.807, 2.05) is 12.1 Å². The average molecular weight is 398 g/mol. The van der Waals surface area contributed by atoms with Crippen LogP contribution in [0.25, 0.3) is 22.4 Å². The van der Waals surface area contributed by atoms with Gasteiger partial charge >= 0.3 is 6.09 Å². The zero-order chi connectivity index (χ0) is 20.2. The van der Waals surface area contributed by atoms with Gasteiger partial charge in [0, 0.05) is 31.0 Å². The lowest BCUT2D eigenvalue weighted by molar-refractivity contribution is 0.0778. The summed E-state index contributed by atoms with van der Waals surface area (Å²) in [4.78, 5) is 24.2. The van der Waals surface area contributed by atoms with Crippen LogP contribution in [0.5, 0.6) is 17.2 Å². The number of aromatic amines is 1. The Kier molecular flexibility index (Phi) is 5.48. The Bertz CT molecular complexity index is 1010. The van der Waals surface area contributed by atoms with E-state index in [1.165, 1.54) is 0 Å². The van der Waals surface area contributed by atoms with E-state index in [-0.39, 0.29) is 6.04 Å². The van der Waals surface area contributed by atoms with Gasteiger partial charge in [-0.25, -0.2) is 14.8 Å². The highest BCUT2D eigenvalue weighted by molar-refractivity contribution is 5.84. The normalized spacial score (nSPS) is 14.6. The maximum atomic E-state index is 12.3. The number of H-pyrrole nitrogens is 1. The minimum absolute atomic E-state index is 0.0508. The van der Waals surface area contributed by atoms with Crippen molar-refractivity contribution in [3.05, 3.63) is 30.6 Å². The highest BCUT2D eigenvalue weighted by Gasteiger charge is 2.19. The average Bonchev–Trinajstić information content (AvgIpc) is 3.15. The maximum absolute atomic E-state index is 12.3. The Morgan fingerprint density at radius 3 is 2.72 bits per heavy atom. The summed E-state index contributed by atoms with van der Waals surface area (Å²) in [5, 5.41) is 2.86. The number of fused-ring (bicyclic) bond motifs is 1. The molecule has 3 aromatic rings. The van der Waals surface area contributed by atoms with Crippen molar-refractivity contribution in [1.29, 1.82) is 0 Å². The van der Waals surface area contributed by atoms with E-state index < -0.39 is 6.09 Å². The second kappa shape index (κ2) is 8.36. The fourth-order valence-corrected chi connectivity index (χ4v) is 3.22. The van der Waals surface area contributed by atoms with E-state index in [2.05, 4.69) is 20.3 Å². The zero-order valence-electron chi connectivity index (χ0n) is 16.2. The predicted molar refractivity (Wildman–Crippen MR) is 105 cm³/mol. The lowest BCUT2D eigenvalue weighted by Gasteiger charge is -2.22. The molecule has 29 heavy (non-hydrogen) atoms. The van der Waals surface area contributed by atoms with Gasteiger partial charge in [-0.1, -0.05) is 0 Å². The Hall–Kier alpha value is -3.33. The molecule has 0 radical (unpaired) electrons. The van der Waals surface area contributed by atoms with Gasteiger partial charge in [0.1, 0.15) is 0 Å². The number of ether oxygens (including phenoxy) is 4.